The number of halogens is 2. The number of rotatable bonds is 7. The summed E-state index contributed by atoms with van der Waals surface area (Å²) in [7, 11) is 0. The van der Waals surface area contributed by atoms with Gasteiger partial charge in [0.2, 0.25) is 0 Å². The highest BCUT2D eigenvalue weighted by atomic mass is 35.5. The fourth-order valence-electron chi connectivity index (χ4n) is 1.71. The Balaban J connectivity index is 2.70. The Morgan fingerprint density at radius 1 is 1.24 bits per heavy atom. The molecule has 0 saturated heterocycles. The molecule has 2 nitrogen and oxygen atoms in total. The Labute approximate surface area is 113 Å². The predicted octanol–water partition coefficient (Wildman–Crippen LogP) is 3.55. The summed E-state index contributed by atoms with van der Waals surface area (Å²) in [6.07, 6.45) is 0.784. The van der Waals surface area contributed by atoms with Crippen LogP contribution in [0.25, 0.3) is 0 Å². The minimum Gasteiger partial charge on any atom is -0.380 e. The van der Waals surface area contributed by atoms with E-state index >= 15 is 0 Å². The van der Waals surface area contributed by atoms with Crippen molar-refractivity contribution in [3.8, 4) is 0 Å². The van der Waals surface area contributed by atoms with Gasteiger partial charge in [-0.1, -0.05) is 36.2 Å². The smallest absolute Gasteiger partial charge is 0.0622 e. The van der Waals surface area contributed by atoms with Crippen molar-refractivity contribution in [3.63, 3.8) is 0 Å². The largest absolute Gasteiger partial charge is 0.380 e. The van der Waals surface area contributed by atoms with Gasteiger partial charge in [-0.15, -0.1) is 0 Å². The average molecular weight is 276 g/mol. The summed E-state index contributed by atoms with van der Waals surface area (Å²) in [6.45, 7) is 6.36. The Morgan fingerprint density at radius 2 is 1.88 bits per heavy atom. The van der Waals surface area contributed by atoms with Gasteiger partial charge in [0.25, 0.3) is 0 Å². The van der Waals surface area contributed by atoms with Crippen LogP contribution in [0.15, 0.2) is 18.2 Å². The van der Waals surface area contributed by atoms with Gasteiger partial charge in [-0.2, -0.15) is 0 Å². The van der Waals surface area contributed by atoms with E-state index in [9.17, 15) is 0 Å². The summed E-state index contributed by atoms with van der Waals surface area (Å²) in [5.41, 5.74) is 0.987. The molecule has 0 aromatic heterocycles. The average Bonchev–Trinajstić information content (AvgIpc) is 2.31. The van der Waals surface area contributed by atoms with E-state index in [4.69, 9.17) is 27.9 Å². The molecule has 0 amide bonds. The summed E-state index contributed by atoms with van der Waals surface area (Å²) in [4.78, 5) is 0. The molecule has 0 aliphatic carbocycles. The fraction of sp³-hybridized carbons (Fsp3) is 0.538. The maximum Gasteiger partial charge on any atom is 0.0622 e. The normalized spacial score (nSPS) is 12.7. The predicted molar refractivity (Wildman–Crippen MR) is 74.1 cm³/mol. The third kappa shape index (κ3) is 4.84. The Bertz CT molecular complexity index is 324. The topological polar surface area (TPSA) is 21.3 Å². The molecule has 0 spiro atoms. The fourth-order valence-corrected chi connectivity index (χ4v) is 2.26. The summed E-state index contributed by atoms with van der Waals surface area (Å²) < 4.78 is 5.45. The van der Waals surface area contributed by atoms with Crippen molar-refractivity contribution in [1.29, 1.82) is 0 Å². The summed E-state index contributed by atoms with van der Waals surface area (Å²) in [6, 6.07) is 5.84. The zero-order valence-electron chi connectivity index (χ0n) is 10.3. The Hall–Kier alpha value is -0.280. The molecule has 0 heterocycles. The highest BCUT2D eigenvalue weighted by Crippen LogP contribution is 2.25. The van der Waals surface area contributed by atoms with E-state index in [2.05, 4.69) is 12.2 Å². The van der Waals surface area contributed by atoms with E-state index in [-0.39, 0.29) is 6.04 Å². The van der Waals surface area contributed by atoms with E-state index < -0.39 is 0 Å². The standard InChI is InChI=1S/C13H19Cl2NO/c1-3-16-10(9-17-4-2)8-11-12(14)6-5-7-13(11)15/h5-7,10,16H,3-4,8-9H2,1-2H3. The van der Waals surface area contributed by atoms with Crippen LogP contribution in [0.3, 0.4) is 0 Å². The molecular formula is C13H19Cl2NO. The van der Waals surface area contributed by atoms with Gasteiger partial charge in [-0.3, -0.25) is 0 Å². The number of benzene rings is 1. The van der Waals surface area contributed by atoms with Crippen LogP contribution in [0.1, 0.15) is 19.4 Å². The first-order chi connectivity index (χ1) is 8.19. The second kappa shape index (κ2) is 7.93. The van der Waals surface area contributed by atoms with Crippen molar-refractivity contribution in [3.05, 3.63) is 33.8 Å². The Kier molecular flexibility index (Phi) is 6.90. The van der Waals surface area contributed by atoms with Crippen molar-refractivity contribution >= 4 is 23.2 Å². The van der Waals surface area contributed by atoms with Gasteiger partial charge in [-0.05, 0) is 37.6 Å². The maximum atomic E-state index is 6.15. The maximum absolute atomic E-state index is 6.15. The molecule has 0 saturated carbocycles. The quantitative estimate of drug-likeness (QED) is 0.822. The highest BCUT2D eigenvalue weighted by Gasteiger charge is 2.13. The Morgan fingerprint density at radius 3 is 2.41 bits per heavy atom. The molecule has 1 aromatic carbocycles. The third-order valence-electron chi connectivity index (χ3n) is 2.53. The summed E-state index contributed by atoms with van der Waals surface area (Å²) in [5, 5.41) is 4.82. The summed E-state index contributed by atoms with van der Waals surface area (Å²) in [5.74, 6) is 0. The van der Waals surface area contributed by atoms with Gasteiger partial charge in [0.15, 0.2) is 0 Å². The number of nitrogens with one attached hydrogen (secondary N) is 1. The molecule has 1 atom stereocenters. The third-order valence-corrected chi connectivity index (χ3v) is 3.24. The van der Waals surface area contributed by atoms with Crippen LogP contribution in [0.2, 0.25) is 10.0 Å². The second-order valence-electron chi connectivity index (χ2n) is 3.82. The molecular weight excluding hydrogens is 257 g/mol. The molecule has 1 unspecified atom stereocenters. The molecule has 0 aliphatic heterocycles. The first-order valence-corrected chi connectivity index (χ1v) is 6.68. The molecule has 0 bridgehead atoms. The van der Waals surface area contributed by atoms with E-state index in [0.717, 1.165) is 35.2 Å². The lowest BCUT2D eigenvalue weighted by Crippen LogP contribution is -2.35. The molecule has 1 N–H and O–H groups in total. The molecule has 0 radical (unpaired) electrons. The molecule has 96 valence electrons. The van der Waals surface area contributed by atoms with Gasteiger partial charge >= 0.3 is 0 Å². The van der Waals surface area contributed by atoms with Crippen LogP contribution in [0.5, 0.6) is 0 Å². The first-order valence-electron chi connectivity index (χ1n) is 5.93. The van der Waals surface area contributed by atoms with Crippen LogP contribution >= 0.6 is 23.2 Å². The molecule has 4 heteroatoms. The summed E-state index contributed by atoms with van der Waals surface area (Å²) >= 11 is 12.3. The molecule has 0 aliphatic rings. The van der Waals surface area contributed by atoms with Crippen LogP contribution < -0.4 is 5.32 Å². The SMILES string of the molecule is CCNC(COCC)Cc1c(Cl)cccc1Cl. The second-order valence-corrected chi connectivity index (χ2v) is 4.63. The van der Waals surface area contributed by atoms with Gasteiger partial charge in [0.05, 0.1) is 6.61 Å². The molecule has 1 rings (SSSR count). The van der Waals surface area contributed by atoms with E-state index in [1.54, 1.807) is 0 Å². The van der Waals surface area contributed by atoms with E-state index in [1.165, 1.54) is 0 Å². The van der Waals surface area contributed by atoms with Crippen LogP contribution in [0.4, 0.5) is 0 Å². The van der Waals surface area contributed by atoms with Crippen molar-refractivity contribution < 1.29 is 4.74 Å². The lowest BCUT2D eigenvalue weighted by Gasteiger charge is -2.19. The lowest BCUT2D eigenvalue weighted by molar-refractivity contribution is 0.123. The number of likely N-dealkylation sites (N-methyl/N-ethyl adjacent to an activating group) is 1. The van der Waals surface area contributed by atoms with Crippen LogP contribution in [0, 0.1) is 0 Å². The number of ether oxygens (including phenoxy) is 1. The van der Waals surface area contributed by atoms with Gasteiger partial charge < -0.3 is 10.1 Å². The number of hydrogen-bond acceptors (Lipinski definition) is 2. The zero-order valence-corrected chi connectivity index (χ0v) is 11.8. The van der Waals surface area contributed by atoms with Crippen molar-refractivity contribution in [1.82, 2.24) is 5.32 Å². The molecule has 1 aromatic rings. The van der Waals surface area contributed by atoms with Gasteiger partial charge in [0.1, 0.15) is 0 Å². The minimum atomic E-state index is 0.248. The highest BCUT2D eigenvalue weighted by molar-refractivity contribution is 6.35. The van der Waals surface area contributed by atoms with Gasteiger partial charge in [0, 0.05) is 22.7 Å². The van der Waals surface area contributed by atoms with Crippen molar-refractivity contribution in [2.24, 2.45) is 0 Å². The zero-order chi connectivity index (χ0) is 12.7. The van der Waals surface area contributed by atoms with Crippen molar-refractivity contribution in [2.45, 2.75) is 26.3 Å². The monoisotopic (exact) mass is 275 g/mol. The minimum absolute atomic E-state index is 0.248. The van der Waals surface area contributed by atoms with E-state index in [1.807, 2.05) is 25.1 Å². The number of hydrogen-bond donors (Lipinski definition) is 1. The molecule has 17 heavy (non-hydrogen) atoms. The van der Waals surface area contributed by atoms with Crippen molar-refractivity contribution in [2.75, 3.05) is 19.8 Å². The lowest BCUT2D eigenvalue weighted by atomic mass is 10.1. The van der Waals surface area contributed by atoms with Gasteiger partial charge in [-0.25, -0.2) is 0 Å². The van der Waals surface area contributed by atoms with Crippen LogP contribution in [-0.2, 0) is 11.2 Å². The first kappa shape index (κ1) is 14.8. The van der Waals surface area contributed by atoms with Crippen LogP contribution in [-0.4, -0.2) is 25.8 Å². The van der Waals surface area contributed by atoms with E-state index in [0.29, 0.717) is 6.61 Å². The molecule has 0 fully saturated rings.